The molecule has 0 aliphatic heterocycles. The number of rotatable bonds is 7. The lowest BCUT2D eigenvalue weighted by molar-refractivity contribution is 0.387. The van der Waals surface area contributed by atoms with Crippen molar-refractivity contribution in [1.82, 2.24) is 8.61 Å². The molecule has 0 atom stereocenters. The lowest BCUT2D eigenvalue weighted by Gasteiger charge is -2.24. The maximum absolute atomic E-state index is 12.3. The van der Waals surface area contributed by atoms with Crippen molar-refractivity contribution in [3.05, 3.63) is 35.4 Å². The number of aryl methyl sites for hydroxylation is 1. The van der Waals surface area contributed by atoms with Crippen LogP contribution in [0.1, 0.15) is 17.5 Å². The van der Waals surface area contributed by atoms with Crippen LogP contribution in [0.2, 0.25) is 0 Å². The Morgan fingerprint density at radius 2 is 1.79 bits per heavy atom. The lowest BCUT2D eigenvalue weighted by atomic mass is 10.1. The predicted molar refractivity (Wildman–Crippen MR) is 77.9 cm³/mol. The standard InChI is InChI=1S/C13H23N3O2S/c1-12-7-4-5-8-13(12)11-16(3)19(17,18)15(2)10-6-9-14/h4-5,7-8H,6,9-11,14H2,1-3H3. The zero-order chi connectivity index (χ0) is 14.5. The highest BCUT2D eigenvalue weighted by Crippen LogP contribution is 2.13. The quantitative estimate of drug-likeness (QED) is 0.811. The molecular formula is C13H23N3O2S. The summed E-state index contributed by atoms with van der Waals surface area (Å²) in [6.45, 7) is 3.29. The Hall–Kier alpha value is -0.950. The molecule has 0 radical (unpaired) electrons. The summed E-state index contributed by atoms with van der Waals surface area (Å²) in [6.07, 6.45) is 0.661. The summed E-state index contributed by atoms with van der Waals surface area (Å²) in [5.74, 6) is 0. The number of benzene rings is 1. The minimum absolute atomic E-state index is 0.377. The van der Waals surface area contributed by atoms with Gasteiger partial charge in [-0.05, 0) is 31.0 Å². The van der Waals surface area contributed by atoms with E-state index in [1.807, 2.05) is 31.2 Å². The van der Waals surface area contributed by atoms with Gasteiger partial charge in [-0.2, -0.15) is 17.0 Å². The minimum Gasteiger partial charge on any atom is -0.330 e. The van der Waals surface area contributed by atoms with E-state index in [2.05, 4.69) is 0 Å². The Kier molecular flexibility index (Phi) is 5.93. The van der Waals surface area contributed by atoms with Gasteiger partial charge in [-0.1, -0.05) is 24.3 Å². The van der Waals surface area contributed by atoms with Crippen molar-refractivity contribution in [1.29, 1.82) is 0 Å². The molecule has 5 nitrogen and oxygen atoms in total. The molecule has 0 fully saturated rings. The van der Waals surface area contributed by atoms with Gasteiger partial charge in [-0.15, -0.1) is 0 Å². The van der Waals surface area contributed by atoms with Crippen LogP contribution in [0.25, 0.3) is 0 Å². The highest BCUT2D eigenvalue weighted by molar-refractivity contribution is 7.86. The van der Waals surface area contributed by atoms with Crippen LogP contribution in [-0.2, 0) is 16.8 Å². The maximum Gasteiger partial charge on any atom is 0.281 e. The fourth-order valence-electron chi connectivity index (χ4n) is 1.78. The predicted octanol–water partition coefficient (Wildman–Crippen LogP) is 0.952. The van der Waals surface area contributed by atoms with E-state index in [4.69, 9.17) is 5.73 Å². The van der Waals surface area contributed by atoms with E-state index < -0.39 is 10.2 Å². The molecule has 1 aromatic rings. The van der Waals surface area contributed by atoms with Crippen LogP contribution < -0.4 is 5.73 Å². The average molecular weight is 285 g/mol. The van der Waals surface area contributed by atoms with Crippen LogP contribution in [-0.4, -0.2) is 44.2 Å². The van der Waals surface area contributed by atoms with Gasteiger partial charge in [-0.3, -0.25) is 0 Å². The number of nitrogens with zero attached hydrogens (tertiary/aromatic N) is 2. The second-order valence-corrected chi connectivity index (χ2v) is 6.80. The summed E-state index contributed by atoms with van der Waals surface area (Å²) < 4.78 is 27.2. The van der Waals surface area contributed by atoms with E-state index in [1.165, 1.54) is 8.61 Å². The molecule has 0 aliphatic carbocycles. The van der Waals surface area contributed by atoms with Crippen molar-refractivity contribution in [3.8, 4) is 0 Å². The van der Waals surface area contributed by atoms with Crippen LogP contribution in [0.5, 0.6) is 0 Å². The molecule has 2 N–H and O–H groups in total. The van der Waals surface area contributed by atoms with Crippen LogP contribution in [0.3, 0.4) is 0 Å². The van der Waals surface area contributed by atoms with E-state index in [9.17, 15) is 8.42 Å². The van der Waals surface area contributed by atoms with Gasteiger partial charge in [0.1, 0.15) is 0 Å². The zero-order valence-corrected chi connectivity index (χ0v) is 12.7. The van der Waals surface area contributed by atoms with Gasteiger partial charge in [0.15, 0.2) is 0 Å². The van der Waals surface area contributed by atoms with Crippen LogP contribution in [0, 0.1) is 6.92 Å². The third-order valence-corrected chi connectivity index (χ3v) is 5.01. The molecule has 0 heterocycles. The maximum atomic E-state index is 12.3. The summed E-state index contributed by atoms with van der Waals surface area (Å²) in [7, 11) is -0.234. The van der Waals surface area contributed by atoms with Gasteiger partial charge in [0, 0.05) is 27.2 Å². The van der Waals surface area contributed by atoms with Gasteiger partial charge < -0.3 is 5.73 Å². The third-order valence-electron chi connectivity index (χ3n) is 3.12. The molecule has 0 amide bonds. The molecule has 0 saturated heterocycles. The number of hydrogen-bond acceptors (Lipinski definition) is 3. The van der Waals surface area contributed by atoms with Crippen molar-refractivity contribution in [2.75, 3.05) is 27.2 Å². The topological polar surface area (TPSA) is 66.6 Å². The second kappa shape index (κ2) is 7.00. The van der Waals surface area contributed by atoms with Crippen molar-refractivity contribution in [3.63, 3.8) is 0 Å². The van der Waals surface area contributed by atoms with Gasteiger partial charge in [0.2, 0.25) is 0 Å². The normalized spacial score (nSPS) is 12.3. The fraction of sp³-hybridized carbons (Fsp3) is 0.538. The highest BCUT2D eigenvalue weighted by atomic mass is 32.2. The Morgan fingerprint density at radius 1 is 1.16 bits per heavy atom. The fourth-order valence-corrected chi connectivity index (χ4v) is 2.91. The molecule has 0 saturated carbocycles. The Balaban J connectivity index is 2.76. The monoisotopic (exact) mass is 285 g/mol. The number of nitrogens with two attached hydrogens (primary N) is 1. The average Bonchev–Trinajstić information content (AvgIpc) is 2.38. The van der Waals surface area contributed by atoms with Crippen molar-refractivity contribution >= 4 is 10.2 Å². The van der Waals surface area contributed by atoms with Gasteiger partial charge in [0.05, 0.1) is 0 Å². The molecule has 1 aromatic carbocycles. The Bertz CT molecular complexity index is 502. The van der Waals surface area contributed by atoms with Gasteiger partial charge >= 0.3 is 0 Å². The third kappa shape index (κ3) is 4.28. The first-order valence-corrected chi connectivity index (χ1v) is 7.71. The van der Waals surface area contributed by atoms with Crippen LogP contribution in [0.15, 0.2) is 24.3 Å². The Morgan fingerprint density at radius 3 is 2.37 bits per heavy atom. The molecule has 1 rings (SSSR count). The zero-order valence-electron chi connectivity index (χ0n) is 11.8. The summed E-state index contributed by atoms with van der Waals surface area (Å²) in [4.78, 5) is 0. The van der Waals surface area contributed by atoms with E-state index in [-0.39, 0.29) is 0 Å². The van der Waals surface area contributed by atoms with E-state index >= 15 is 0 Å². The van der Waals surface area contributed by atoms with Gasteiger partial charge in [0.25, 0.3) is 10.2 Å². The first kappa shape index (κ1) is 16.1. The largest absolute Gasteiger partial charge is 0.330 e. The lowest BCUT2D eigenvalue weighted by Crippen LogP contribution is -2.40. The van der Waals surface area contributed by atoms with E-state index in [1.54, 1.807) is 14.1 Å². The molecule has 0 aromatic heterocycles. The van der Waals surface area contributed by atoms with E-state index in [0.717, 1.165) is 11.1 Å². The summed E-state index contributed by atoms with van der Waals surface area (Å²) in [5.41, 5.74) is 7.51. The molecule has 0 unspecified atom stereocenters. The van der Waals surface area contributed by atoms with Gasteiger partial charge in [-0.25, -0.2) is 0 Å². The molecular weight excluding hydrogens is 262 g/mol. The number of hydrogen-bond donors (Lipinski definition) is 1. The summed E-state index contributed by atoms with van der Waals surface area (Å²) in [6, 6.07) is 7.79. The molecule has 6 heteroatoms. The van der Waals surface area contributed by atoms with E-state index in [0.29, 0.717) is 26.1 Å². The minimum atomic E-state index is -3.42. The smallest absolute Gasteiger partial charge is 0.281 e. The first-order valence-electron chi connectivity index (χ1n) is 6.31. The SMILES string of the molecule is Cc1ccccc1CN(C)S(=O)(=O)N(C)CCCN. The molecule has 0 bridgehead atoms. The molecule has 19 heavy (non-hydrogen) atoms. The highest BCUT2D eigenvalue weighted by Gasteiger charge is 2.23. The molecule has 108 valence electrons. The van der Waals surface area contributed by atoms with Crippen LogP contribution in [0.4, 0.5) is 0 Å². The van der Waals surface area contributed by atoms with Crippen molar-refractivity contribution in [2.24, 2.45) is 5.73 Å². The molecule has 0 spiro atoms. The van der Waals surface area contributed by atoms with Crippen molar-refractivity contribution in [2.45, 2.75) is 19.9 Å². The van der Waals surface area contributed by atoms with Crippen LogP contribution >= 0.6 is 0 Å². The van der Waals surface area contributed by atoms with Crippen molar-refractivity contribution < 1.29 is 8.42 Å². The molecule has 0 aliphatic rings. The summed E-state index contributed by atoms with van der Waals surface area (Å²) in [5, 5.41) is 0. The summed E-state index contributed by atoms with van der Waals surface area (Å²) >= 11 is 0. The second-order valence-electron chi connectivity index (χ2n) is 4.65. The Labute approximate surface area is 116 Å². The first-order chi connectivity index (χ1) is 8.89.